The lowest BCUT2D eigenvalue weighted by molar-refractivity contribution is -0.135. The summed E-state index contributed by atoms with van der Waals surface area (Å²) in [5.41, 5.74) is 6.49. The SMILES string of the molecule is CC(C)N(C(=O)CN)[C@@H]1CCCN(C(=O)OCc2ccccc2)C1. The van der Waals surface area contributed by atoms with Crippen LogP contribution in [-0.2, 0) is 16.1 Å². The summed E-state index contributed by atoms with van der Waals surface area (Å²) < 4.78 is 5.40. The molecule has 0 saturated carbocycles. The third-order valence-electron chi connectivity index (χ3n) is 4.27. The van der Waals surface area contributed by atoms with E-state index in [1.54, 1.807) is 9.80 Å². The topological polar surface area (TPSA) is 75.9 Å². The third kappa shape index (κ3) is 4.71. The molecule has 2 rings (SSSR count). The minimum Gasteiger partial charge on any atom is -0.445 e. The molecule has 24 heavy (non-hydrogen) atoms. The molecule has 6 nitrogen and oxygen atoms in total. The highest BCUT2D eigenvalue weighted by Gasteiger charge is 2.32. The van der Waals surface area contributed by atoms with E-state index in [1.807, 2.05) is 44.2 Å². The smallest absolute Gasteiger partial charge is 0.410 e. The van der Waals surface area contributed by atoms with Gasteiger partial charge < -0.3 is 20.3 Å². The predicted molar refractivity (Wildman–Crippen MR) is 92.3 cm³/mol. The second-order valence-electron chi connectivity index (χ2n) is 6.38. The van der Waals surface area contributed by atoms with Gasteiger partial charge in [0.15, 0.2) is 0 Å². The molecule has 1 aliphatic heterocycles. The Bertz CT molecular complexity index is 548. The highest BCUT2D eigenvalue weighted by atomic mass is 16.6. The quantitative estimate of drug-likeness (QED) is 0.894. The normalized spacial score (nSPS) is 17.7. The van der Waals surface area contributed by atoms with Crippen molar-refractivity contribution in [1.82, 2.24) is 9.80 Å². The number of rotatable bonds is 5. The van der Waals surface area contributed by atoms with Crippen LogP contribution in [0.5, 0.6) is 0 Å². The molecule has 0 bridgehead atoms. The maximum atomic E-state index is 12.3. The van der Waals surface area contributed by atoms with Crippen LogP contribution in [0.2, 0.25) is 0 Å². The largest absolute Gasteiger partial charge is 0.445 e. The molecular weight excluding hydrogens is 306 g/mol. The minimum absolute atomic E-state index is 0.000856. The van der Waals surface area contributed by atoms with Gasteiger partial charge >= 0.3 is 6.09 Å². The van der Waals surface area contributed by atoms with E-state index in [0.717, 1.165) is 18.4 Å². The Morgan fingerprint density at radius 2 is 2.04 bits per heavy atom. The van der Waals surface area contributed by atoms with Crippen molar-refractivity contribution in [3.05, 3.63) is 35.9 Å². The number of nitrogens with zero attached hydrogens (tertiary/aromatic N) is 2. The number of hydrogen-bond donors (Lipinski definition) is 1. The summed E-state index contributed by atoms with van der Waals surface area (Å²) >= 11 is 0. The molecule has 1 fully saturated rings. The number of likely N-dealkylation sites (tertiary alicyclic amines) is 1. The van der Waals surface area contributed by atoms with Crippen LogP contribution in [0.3, 0.4) is 0 Å². The maximum absolute atomic E-state index is 12.3. The number of benzene rings is 1. The average Bonchev–Trinajstić information content (AvgIpc) is 2.60. The van der Waals surface area contributed by atoms with E-state index in [4.69, 9.17) is 10.5 Å². The molecule has 1 aromatic rings. The zero-order valence-electron chi connectivity index (χ0n) is 14.5. The van der Waals surface area contributed by atoms with Crippen molar-refractivity contribution in [3.63, 3.8) is 0 Å². The van der Waals surface area contributed by atoms with Crippen LogP contribution in [0.1, 0.15) is 32.3 Å². The molecule has 2 amide bonds. The zero-order chi connectivity index (χ0) is 17.5. The minimum atomic E-state index is -0.326. The Morgan fingerprint density at radius 3 is 2.67 bits per heavy atom. The third-order valence-corrected chi connectivity index (χ3v) is 4.27. The Labute approximate surface area is 143 Å². The number of nitrogens with two attached hydrogens (primary N) is 1. The fourth-order valence-corrected chi connectivity index (χ4v) is 3.18. The van der Waals surface area contributed by atoms with Crippen LogP contribution in [0, 0.1) is 0 Å². The van der Waals surface area contributed by atoms with Gasteiger partial charge in [-0.3, -0.25) is 4.79 Å². The number of piperidine rings is 1. The first-order chi connectivity index (χ1) is 11.5. The molecular formula is C18H27N3O3. The van der Waals surface area contributed by atoms with Gasteiger partial charge in [0, 0.05) is 25.2 Å². The van der Waals surface area contributed by atoms with Crippen molar-refractivity contribution in [1.29, 1.82) is 0 Å². The lowest BCUT2D eigenvalue weighted by Gasteiger charge is -2.40. The summed E-state index contributed by atoms with van der Waals surface area (Å²) in [5.74, 6) is -0.0745. The first-order valence-electron chi connectivity index (χ1n) is 8.49. The van der Waals surface area contributed by atoms with Gasteiger partial charge in [0.25, 0.3) is 0 Å². The van der Waals surface area contributed by atoms with E-state index >= 15 is 0 Å². The molecule has 1 atom stereocenters. The van der Waals surface area contributed by atoms with Gasteiger partial charge in [-0.1, -0.05) is 30.3 Å². The molecule has 0 spiro atoms. The molecule has 2 N–H and O–H groups in total. The lowest BCUT2D eigenvalue weighted by Crippen LogP contribution is -2.55. The van der Waals surface area contributed by atoms with Crippen molar-refractivity contribution in [2.24, 2.45) is 5.73 Å². The van der Waals surface area contributed by atoms with Crippen LogP contribution in [0.25, 0.3) is 0 Å². The molecule has 0 aromatic heterocycles. The number of amides is 2. The monoisotopic (exact) mass is 333 g/mol. The van der Waals surface area contributed by atoms with Gasteiger partial charge in [-0.15, -0.1) is 0 Å². The number of carbonyl (C=O) groups excluding carboxylic acids is 2. The summed E-state index contributed by atoms with van der Waals surface area (Å²) in [4.78, 5) is 27.9. The summed E-state index contributed by atoms with van der Waals surface area (Å²) in [6.45, 7) is 5.36. The van der Waals surface area contributed by atoms with E-state index in [2.05, 4.69) is 0 Å². The van der Waals surface area contributed by atoms with Crippen molar-refractivity contribution in [2.45, 2.75) is 45.4 Å². The summed E-state index contributed by atoms with van der Waals surface area (Å²) in [6.07, 6.45) is 1.41. The van der Waals surface area contributed by atoms with Crippen molar-refractivity contribution < 1.29 is 14.3 Å². The molecule has 1 heterocycles. The Morgan fingerprint density at radius 1 is 1.33 bits per heavy atom. The molecule has 0 aliphatic carbocycles. The van der Waals surface area contributed by atoms with E-state index in [0.29, 0.717) is 13.1 Å². The number of carbonyl (C=O) groups is 2. The van der Waals surface area contributed by atoms with Crippen molar-refractivity contribution >= 4 is 12.0 Å². The first kappa shape index (κ1) is 18.3. The van der Waals surface area contributed by atoms with E-state index < -0.39 is 0 Å². The van der Waals surface area contributed by atoms with E-state index in [-0.39, 0.29) is 37.2 Å². The average molecular weight is 333 g/mol. The molecule has 0 unspecified atom stereocenters. The number of hydrogen-bond acceptors (Lipinski definition) is 4. The van der Waals surface area contributed by atoms with Crippen molar-refractivity contribution in [3.8, 4) is 0 Å². The first-order valence-corrected chi connectivity index (χ1v) is 8.49. The van der Waals surface area contributed by atoms with Crippen LogP contribution in [0.15, 0.2) is 30.3 Å². The van der Waals surface area contributed by atoms with Gasteiger partial charge in [0.05, 0.1) is 6.54 Å². The molecule has 1 aliphatic rings. The molecule has 6 heteroatoms. The van der Waals surface area contributed by atoms with Gasteiger partial charge in [-0.2, -0.15) is 0 Å². The van der Waals surface area contributed by atoms with Crippen LogP contribution in [0.4, 0.5) is 4.79 Å². The van der Waals surface area contributed by atoms with E-state index in [9.17, 15) is 9.59 Å². The lowest BCUT2D eigenvalue weighted by atomic mass is 10.0. The standard InChI is InChI=1S/C18H27N3O3/c1-14(2)21(17(22)11-19)16-9-6-10-20(12-16)18(23)24-13-15-7-4-3-5-8-15/h3-5,7-8,14,16H,6,9-13,19H2,1-2H3/t16-/m1/s1. The van der Waals surface area contributed by atoms with Gasteiger partial charge in [0.2, 0.25) is 5.91 Å². The summed E-state index contributed by atoms with van der Waals surface area (Å²) in [7, 11) is 0. The van der Waals surface area contributed by atoms with Crippen LogP contribution < -0.4 is 5.73 Å². The fraction of sp³-hybridized carbons (Fsp3) is 0.556. The van der Waals surface area contributed by atoms with E-state index in [1.165, 1.54) is 0 Å². The fourth-order valence-electron chi connectivity index (χ4n) is 3.18. The second-order valence-corrected chi connectivity index (χ2v) is 6.38. The highest BCUT2D eigenvalue weighted by Crippen LogP contribution is 2.19. The highest BCUT2D eigenvalue weighted by molar-refractivity contribution is 5.78. The molecule has 1 saturated heterocycles. The molecule has 0 radical (unpaired) electrons. The van der Waals surface area contributed by atoms with Crippen molar-refractivity contribution in [2.75, 3.05) is 19.6 Å². The predicted octanol–water partition coefficient (Wildman–Crippen LogP) is 1.98. The maximum Gasteiger partial charge on any atom is 0.410 e. The molecule has 1 aromatic carbocycles. The molecule has 132 valence electrons. The van der Waals surface area contributed by atoms with Gasteiger partial charge in [-0.25, -0.2) is 4.79 Å². The van der Waals surface area contributed by atoms with Crippen LogP contribution >= 0.6 is 0 Å². The van der Waals surface area contributed by atoms with Gasteiger partial charge in [-0.05, 0) is 32.3 Å². The van der Waals surface area contributed by atoms with Crippen LogP contribution in [-0.4, -0.2) is 53.5 Å². The number of ether oxygens (including phenoxy) is 1. The Balaban J connectivity index is 1.94. The summed E-state index contributed by atoms with van der Waals surface area (Å²) in [5, 5.41) is 0. The second kappa shape index (κ2) is 8.68. The summed E-state index contributed by atoms with van der Waals surface area (Å²) in [6, 6.07) is 9.66. The Kier molecular flexibility index (Phi) is 6.61. The zero-order valence-corrected chi connectivity index (χ0v) is 14.5. The van der Waals surface area contributed by atoms with Gasteiger partial charge in [0.1, 0.15) is 6.61 Å². The Hall–Kier alpha value is -2.08.